The quantitative estimate of drug-likeness (QED) is 0.0836. The molecule has 0 unspecified atom stereocenters. The second-order valence-corrected chi connectivity index (χ2v) is 22.3. The Labute approximate surface area is 428 Å². The molecule has 0 spiro atoms. The third-order valence-electron chi connectivity index (χ3n) is 13.4. The summed E-state index contributed by atoms with van der Waals surface area (Å²) >= 11 is 1.56. The maximum absolute atomic E-state index is 14.3. The van der Waals surface area contributed by atoms with Crippen molar-refractivity contribution in [1.29, 1.82) is 0 Å². The molecular weight excluding hydrogens is 973 g/mol. The number of aryl methyl sites for hydroxylation is 3. The van der Waals surface area contributed by atoms with Crippen LogP contribution in [0.3, 0.4) is 0 Å². The SMILES string of the molecule is CCCOc1cccc(Oc2cc3c(cc2NS(=O)(=O)c2cccc(C(=O)N4CCC(C(=O)N[C@H](C(=O)N5C[C@H](O)C[C@H]5C(=O)NCc5ccc(-c6scnc6C)cc5)C(C)(C)C)CC4)c2)n(C)c(=O)n3C)c1. The van der Waals surface area contributed by atoms with Gasteiger partial charge in [-0.05, 0) is 79.1 Å². The average Bonchev–Trinajstić information content (AvgIpc) is 4.05. The first-order chi connectivity index (χ1) is 34.7. The van der Waals surface area contributed by atoms with Crippen LogP contribution in [0.15, 0.2) is 100 Å². The summed E-state index contributed by atoms with van der Waals surface area (Å²) in [5.41, 5.74) is 4.69. The third kappa shape index (κ3) is 11.6. The molecule has 6 aromatic rings. The highest BCUT2D eigenvalue weighted by molar-refractivity contribution is 7.92. The highest BCUT2D eigenvalue weighted by atomic mass is 32.2. The van der Waals surface area contributed by atoms with E-state index in [1.165, 1.54) is 44.4 Å². The number of fused-ring (bicyclic) bond motifs is 1. The van der Waals surface area contributed by atoms with E-state index in [4.69, 9.17) is 9.47 Å². The molecule has 8 rings (SSSR count). The highest BCUT2D eigenvalue weighted by Gasteiger charge is 2.45. The van der Waals surface area contributed by atoms with Gasteiger partial charge < -0.3 is 35.0 Å². The molecule has 386 valence electrons. The number of carbonyl (C=O) groups is 4. The van der Waals surface area contributed by atoms with Crippen molar-refractivity contribution in [1.82, 2.24) is 34.6 Å². The number of aliphatic hydroxyl groups is 1. The molecule has 2 aromatic heterocycles. The standard InChI is InChI=1S/C53H62N8O10S2/c1-8-23-70-38-12-10-13-39(26-38)71-45-28-43-42(58(6)52(67)59(43)7)27-41(45)57-73(68,69)40-14-9-11-36(24-40)50(65)60-21-19-35(20-22-60)48(63)56-47(53(3,4)5)51(66)61-30-37(62)25-44(61)49(64)54-29-33-15-17-34(18-16-33)46-32(2)55-31-72-46/h9-18,24,26-28,31,35,37,44,47,57,62H,8,19-23,25,29-30H2,1-7H3,(H,54,64)(H,56,63)/t37-,44+,47-/m1/s1. The number of aliphatic hydroxyl groups excluding tert-OH is 1. The second-order valence-electron chi connectivity index (χ2n) is 19.7. The summed E-state index contributed by atoms with van der Waals surface area (Å²) in [6, 6.07) is 21.5. The molecular formula is C53H62N8O10S2. The van der Waals surface area contributed by atoms with Gasteiger partial charge in [-0.3, -0.25) is 33.0 Å². The molecule has 0 saturated carbocycles. The van der Waals surface area contributed by atoms with Crippen LogP contribution < -0.4 is 30.5 Å². The number of amides is 4. The molecule has 0 aliphatic carbocycles. The lowest BCUT2D eigenvalue weighted by Crippen LogP contribution is -2.58. The van der Waals surface area contributed by atoms with Crippen LogP contribution in [0, 0.1) is 18.3 Å². The predicted molar refractivity (Wildman–Crippen MR) is 278 cm³/mol. The van der Waals surface area contributed by atoms with Gasteiger partial charge in [-0.1, -0.05) is 64.1 Å². The van der Waals surface area contributed by atoms with Gasteiger partial charge in [0.1, 0.15) is 23.6 Å². The molecule has 3 atom stereocenters. The lowest BCUT2D eigenvalue weighted by Gasteiger charge is -2.37. The Kier molecular flexibility index (Phi) is 15.5. The number of hydrogen-bond acceptors (Lipinski definition) is 12. The monoisotopic (exact) mass is 1030 g/mol. The Balaban J connectivity index is 0.901. The fraction of sp³-hybridized carbons (Fsp3) is 0.396. The van der Waals surface area contributed by atoms with Gasteiger partial charge in [-0.2, -0.15) is 0 Å². The number of likely N-dealkylation sites (tertiary alicyclic amines) is 2. The zero-order valence-electron chi connectivity index (χ0n) is 42.0. The van der Waals surface area contributed by atoms with Crippen molar-refractivity contribution in [3.8, 4) is 27.7 Å². The maximum Gasteiger partial charge on any atom is 0.328 e. The van der Waals surface area contributed by atoms with Crippen LogP contribution in [0.25, 0.3) is 21.5 Å². The molecule has 2 fully saturated rings. The van der Waals surface area contributed by atoms with E-state index >= 15 is 0 Å². The lowest BCUT2D eigenvalue weighted by atomic mass is 9.84. The first kappa shape index (κ1) is 52.3. The van der Waals surface area contributed by atoms with E-state index < -0.39 is 57.3 Å². The number of β-amino-alcohol motifs (C(OH)–C–C–N with tert-alkyl or cyclic N) is 1. The van der Waals surface area contributed by atoms with Gasteiger partial charge in [0.2, 0.25) is 17.7 Å². The van der Waals surface area contributed by atoms with Crippen molar-refractivity contribution >= 4 is 61.7 Å². The van der Waals surface area contributed by atoms with E-state index in [0.29, 0.717) is 29.1 Å². The fourth-order valence-corrected chi connectivity index (χ4v) is 11.2. The Morgan fingerprint density at radius 3 is 2.26 bits per heavy atom. The topological polar surface area (TPSA) is 224 Å². The summed E-state index contributed by atoms with van der Waals surface area (Å²) in [5, 5.41) is 16.6. The number of carbonyl (C=O) groups excluding carboxylic acids is 4. The average molecular weight is 1040 g/mol. The predicted octanol–water partition coefficient (Wildman–Crippen LogP) is 6.35. The molecule has 18 nitrogen and oxygen atoms in total. The summed E-state index contributed by atoms with van der Waals surface area (Å²) in [6.45, 7) is 10.4. The third-order valence-corrected chi connectivity index (χ3v) is 15.7. The number of thiazole rings is 1. The number of imidazole rings is 1. The molecule has 2 saturated heterocycles. The maximum atomic E-state index is 14.3. The largest absolute Gasteiger partial charge is 0.493 e. The number of piperidine rings is 1. The Morgan fingerprint density at radius 1 is 0.904 bits per heavy atom. The molecule has 4 amide bonds. The van der Waals surface area contributed by atoms with Crippen molar-refractivity contribution in [2.45, 2.75) is 89.9 Å². The Bertz CT molecular complexity index is 3210. The van der Waals surface area contributed by atoms with Gasteiger partial charge in [-0.15, -0.1) is 11.3 Å². The van der Waals surface area contributed by atoms with Gasteiger partial charge in [0.15, 0.2) is 5.75 Å². The first-order valence-corrected chi connectivity index (χ1v) is 26.7. The van der Waals surface area contributed by atoms with E-state index in [0.717, 1.165) is 28.1 Å². The van der Waals surface area contributed by atoms with Gasteiger partial charge >= 0.3 is 5.69 Å². The summed E-state index contributed by atoms with van der Waals surface area (Å²) in [7, 11) is -1.16. The first-order valence-electron chi connectivity index (χ1n) is 24.3. The minimum atomic E-state index is -4.35. The number of aromatic nitrogens is 3. The van der Waals surface area contributed by atoms with Crippen LogP contribution in [0.2, 0.25) is 0 Å². The minimum Gasteiger partial charge on any atom is -0.493 e. The van der Waals surface area contributed by atoms with Crippen molar-refractivity contribution in [2.24, 2.45) is 25.4 Å². The number of nitrogens with zero attached hydrogens (tertiary/aromatic N) is 5. The lowest BCUT2D eigenvalue weighted by molar-refractivity contribution is -0.144. The van der Waals surface area contributed by atoms with Gasteiger partial charge in [0, 0.05) is 70.3 Å². The number of nitrogens with one attached hydrogen (secondary N) is 3. The van der Waals surface area contributed by atoms with Gasteiger partial charge in [0.05, 0.1) is 50.4 Å². The van der Waals surface area contributed by atoms with E-state index in [2.05, 4.69) is 20.3 Å². The van der Waals surface area contributed by atoms with Crippen LogP contribution in [-0.4, -0.2) is 105 Å². The summed E-state index contributed by atoms with van der Waals surface area (Å²) < 4.78 is 45.8. The molecule has 4 N–H and O–H groups in total. The normalized spacial score (nSPS) is 16.8. The number of anilines is 1. The van der Waals surface area contributed by atoms with Crippen molar-refractivity contribution in [3.63, 3.8) is 0 Å². The van der Waals surface area contributed by atoms with Gasteiger partial charge in [-0.25, -0.2) is 18.2 Å². The highest BCUT2D eigenvalue weighted by Crippen LogP contribution is 2.37. The van der Waals surface area contributed by atoms with Crippen LogP contribution in [-0.2, 0) is 45.0 Å². The molecule has 0 radical (unpaired) electrons. The fourth-order valence-electron chi connectivity index (χ4n) is 9.23. The van der Waals surface area contributed by atoms with Crippen LogP contribution >= 0.6 is 11.3 Å². The Morgan fingerprint density at radius 2 is 1.59 bits per heavy atom. The molecule has 0 bridgehead atoms. The summed E-state index contributed by atoms with van der Waals surface area (Å²) in [5.74, 6) is -1.15. The molecule has 2 aliphatic heterocycles. The van der Waals surface area contributed by atoms with E-state index in [9.17, 15) is 37.5 Å². The Hall–Kier alpha value is -7.03. The van der Waals surface area contributed by atoms with Crippen LogP contribution in [0.1, 0.15) is 75.0 Å². The van der Waals surface area contributed by atoms with Crippen molar-refractivity contribution < 1.29 is 42.2 Å². The van der Waals surface area contributed by atoms with Crippen molar-refractivity contribution in [3.05, 3.63) is 118 Å². The molecule has 73 heavy (non-hydrogen) atoms. The zero-order valence-corrected chi connectivity index (χ0v) is 43.6. The number of benzene rings is 4. The smallest absolute Gasteiger partial charge is 0.328 e. The minimum absolute atomic E-state index is 0.0541. The number of rotatable bonds is 16. The summed E-state index contributed by atoms with van der Waals surface area (Å²) in [4.78, 5) is 76.9. The summed E-state index contributed by atoms with van der Waals surface area (Å²) in [6.07, 6.45) is 0.488. The van der Waals surface area contributed by atoms with E-state index in [-0.39, 0.29) is 78.9 Å². The van der Waals surface area contributed by atoms with Gasteiger partial charge in [0.25, 0.3) is 15.9 Å². The molecule has 2 aliphatic rings. The second kappa shape index (κ2) is 21.6. The molecule has 4 aromatic carbocycles. The van der Waals surface area contributed by atoms with E-state index in [1.807, 2.05) is 58.9 Å². The van der Waals surface area contributed by atoms with Crippen molar-refractivity contribution in [2.75, 3.05) is 31.0 Å². The zero-order chi connectivity index (χ0) is 52.4. The number of hydrogen-bond donors (Lipinski definition) is 4. The van der Waals surface area contributed by atoms with Crippen LogP contribution in [0.5, 0.6) is 17.2 Å². The molecule has 20 heteroatoms. The number of ether oxygens (including phenoxy) is 2. The van der Waals surface area contributed by atoms with E-state index in [1.54, 1.807) is 66.2 Å². The van der Waals surface area contributed by atoms with Crippen LogP contribution in [0.4, 0.5) is 5.69 Å². The molecule has 4 heterocycles. The number of sulfonamides is 1.